The van der Waals surface area contributed by atoms with Crippen LogP contribution in [-0.4, -0.2) is 42.3 Å². The first-order valence-corrected chi connectivity index (χ1v) is 8.75. The highest BCUT2D eigenvalue weighted by Gasteiger charge is 2.23. The van der Waals surface area contributed by atoms with Crippen molar-refractivity contribution in [2.45, 2.75) is 78.4 Å². The molecule has 1 heterocycles. The van der Waals surface area contributed by atoms with Gasteiger partial charge in [0.2, 0.25) is 0 Å². The lowest BCUT2D eigenvalue weighted by Crippen LogP contribution is -2.40. The molecule has 0 radical (unpaired) electrons. The van der Waals surface area contributed by atoms with E-state index in [-0.39, 0.29) is 6.09 Å². The average molecular weight is 310 g/mol. The molecule has 1 aliphatic rings. The molecule has 0 spiro atoms. The molecule has 1 N–H and O–H groups in total. The SMILES string of the molecule is CCCCC(CC)NCC1=CCN(C(=O)OC(C)(C)C)CC1. The van der Waals surface area contributed by atoms with E-state index in [1.54, 1.807) is 4.90 Å². The van der Waals surface area contributed by atoms with Crippen LogP contribution in [0.2, 0.25) is 0 Å². The van der Waals surface area contributed by atoms with Gasteiger partial charge in [-0.25, -0.2) is 4.79 Å². The van der Waals surface area contributed by atoms with Crippen LogP contribution in [0.25, 0.3) is 0 Å². The highest BCUT2D eigenvalue weighted by atomic mass is 16.6. The average Bonchev–Trinajstić information content (AvgIpc) is 2.46. The van der Waals surface area contributed by atoms with E-state index in [1.807, 2.05) is 20.8 Å². The van der Waals surface area contributed by atoms with E-state index in [0.29, 0.717) is 12.6 Å². The van der Waals surface area contributed by atoms with E-state index in [0.717, 1.165) is 19.5 Å². The summed E-state index contributed by atoms with van der Waals surface area (Å²) in [4.78, 5) is 13.8. The summed E-state index contributed by atoms with van der Waals surface area (Å²) in [7, 11) is 0. The van der Waals surface area contributed by atoms with Crippen molar-refractivity contribution < 1.29 is 9.53 Å². The maximum absolute atomic E-state index is 12.0. The van der Waals surface area contributed by atoms with Gasteiger partial charge in [0, 0.05) is 25.7 Å². The zero-order valence-electron chi connectivity index (χ0n) is 15.1. The van der Waals surface area contributed by atoms with Gasteiger partial charge in [-0.2, -0.15) is 0 Å². The Balaban J connectivity index is 2.36. The first-order chi connectivity index (χ1) is 10.4. The topological polar surface area (TPSA) is 41.6 Å². The molecule has 0 aromatic carbocycles. The van der Waals surface area contributed by atoms with Crippen molar-refractivity contribution in [1.29, 1.82) is 0 Å². The first kappa shape index (κ1) is 19.0. The van der Waals surface area contributed by atoms with Gasteiger partial charge in [0.15, 0.2) is 0 Å². The highest BCUT2D eigenvalue weighted by molar-refractivity contribution is 5.68. The number of carbonyl (C=O) groups excluding carboxylic acids is 1. The standard InChI is InChI=1S/C18H34N2O2/c1-6-8-9-16(7-2)19-14-15-10-12-20(13-11-15)17(21)22-18(3,4)5/h10,16,19H,6-9,11-14H2,1-5H3. The normalized spacial score (nSPS) is 17.1. The Hall–Kier alpha value is -1.03. The van der Waals surface area contributed by atoms with Gasteiger partial charge < -0.3 is 15.0 Å². The molecule has 0 saturated heterocycles. The molecule has 4 nitrogen and oxygen atoms in total. The van der Waals surface area contributed by atoms with Crippen molar-refractivity contribution in [2.24, 2.45) is 0 Å². The zero-order valence-corrected chi connectivity index (χ0v) is 15.1. The Kier molecular flexibility index (Phi) is 7.94. The molecule has 0 aliphatic carbocycles. The second-order valence-electron chi connectivity index (χ2n) is 7.17. The maximum atomic E-state index is 12.0. The van der Waals surface area contributed by atoms with Crippen LogP contribution in [0.4, 0.5) is 4.79 Å². The summed E-state index contributed by atoms with van der Waals surface area (Å²) >= 11 is 0. The summed E-state index contributed by atoms with van der Waals surface area (Å²) in [6.07, 6.45) is 7.89. The fourth-order valence-electron chi connectivity index (χ4n) is 2.54. The molecule has 1 amide bonds. The molecule has 0 fully saturated rings. The molecule has 22 heavy (non-hydrogen) atoms. The molecule has 1 unspecified atom stereocenters. The molecular weight excluding hydrogens is 276 g/mol. The number of nitrogens with one attached hydrogen (secondary N) is 1. The predicted octanol–water partition coefficient (Wildman–Crippen LogP) is 4.11. The van der Waals surface area contributed by atoms with Crippen molar-refractivity contribution in [2.75, 3.05) is 19.6 Å². The molecule has 0 bridgehead atoms. The molecular formula is C18H34N2O2. The smallest absolute Gasteiger partial charge is 0.410 e. The second kappa shape index (κ2) is 9.19. The maximum Gasteiger partial charge on any atom is 0.410 e. The van der Waals surface area contributed by atoms with Gasteiger partial charge in [-0.15, -0.1) is 0 Å². The lowest BCUT2D eigenvalue weighted by molar-refractivity contribution is 0.0265. The largest absolute Gasteiger partial charge is 0.444 e. The number of unbranched alkanes of at least 4 members (excludes halogenated alkanes) is 1. The van der Waals surface area contributed by atoms with E-state index < -0.39 is 5.60 Å². The summed E-state index contributed by atoms with van der Waals surface area (Å²) in [5.74, 6) is 0. The van der Waals surface area contributed by atoms with Crippen LogP contribution in [0.5, 0.6) is 0 Å². The third-order valence-electron chi connectivity index (χ3n) is 3.97. The van der Waals surface area contributed by atoms with Crippen molar-refractivity contribution >= 4 is 6.09 Å². The third-order valence-corrected chi connectivity index (χ3v) is 3.97. The molecule has 0 aromatic heterocycles. The van der Waals surface area contributed by atoms with Crippen molar-refractivity contribution in [3.8, 4) is 0 Å². The van der Waals surface area contributed by atoms with Crippen LogP contribution in [0.3, 0.4) is 0 Å². The Morgan fingerprint density at radius 1 is 1.41 bits per heavy atom. The fraction of sp³-hybridized carbons (Fsp3) is 0.833. The van der Waals surface area contributed by atoms with Crippen LogP contribution < -0.4 is 5.32 Å². The minimum absolute atomic E-state index is 0.204. The first-order valence-electron chi connectivity index (χ1n) is 8.75. The Bertz CT molecular complexity index is 372. The summed E-state index contributed by atoms with van der Waals surface area (Å²) in [5.41, 5.74) is 0.991. The monoisotopic (exact) mass is 310 g/mol. The van der Waals surface area contributed by atoms with Crippen LogP contribution in [-0.2, 0) is 4.74 Å². The summed E-state index contributed by atoms with van der Waals surface area (Å²) in [6.45, 7) is 12.6. The summed E-state index contributed by atoms with van der Waals surface area (Å²) in [5, 5.41) is 3.65. The highest BCUT2D eigenvalue weighted by Crippen LogP contribution is 2.15. The number of ether oxygens (including phenoxy) is 1. The lowest BCUT2D eigenvalue weighted by Gasteiger charge is -2.30. The molecule has 128 valence electrons. The van der Waals surface area contributed by atoms with Crippen LogP contribution in [0.15, 0.2) is 11.6 Å². The quantitative estimate of drug-likeness (QED) is 0.719. The molecule has 1 aliphatic heterocycles. The Morgan fingerprint density at radius 3 is 2.64 bits per heavy atom. The van der Waals surface area contributed by atoms with Gasteiger partial charge in [-0.3, -0.25) is 0 Å². The van der Waals surface area contributed by atoms with E-state index >= 15 is 0 Å². The third kappa shape index (κ3) is 7.30. The van der Waals surface area contributed by atoms with Crippen LogP contribution >= 0.6 is 0 Å². The number of rotatable bonds is 7. The van der Waals surface area contributed by atoms with Gasteiger partial charge in [-0.05, 0) is 40.0 Å². The number of hydrogen-bond donors (Lipinski definition) is 1. The zero-order chi connectivity index (χ0) is 16.6. The summed E-state index contributed by atoms with van der Waals surface area (Å²) in [6, 6.07) is 0.615. The molecule has 0 aromatic rings. The molecule has 1 rings (SSSR count). The van der Waals surface area contributed by atoms with Crippen molar-refractivity contribution in [1.82, 2.24) is 10.2 Å². The lowest BCUT2D eigenvalue weighted by atomic mass is 10.0. The van der Waals surface area contributed by atoms with E-state index in [2.05, 4.69) is 25.2 Å². The number of amides is 1. The minimum atomic E-state index is -0.420. The van der Waals surface area contributed by atoms with Gasteiger partial charge in [0.25, 0.3) is 0 Å². The molecule has 1 atom stereocenters. The minimum Gasteiger partial charge on any atom is -0.444 e. The number of hydrogen-bond acceptors (Lipinski definition) is 3. The summed E-state index contributed by atoms with van der Waals surface area (Å²) < 4.78 is 5.41. The van der Waals surface area contributed by atoms with Gasteiger partial charge in [0.05, 0.1) is 0 Å². The van der Waals surface area contributed by atoms with Crippen molar-refractivity contribution in [3.63, 3.8) is 0 Å². The number of nitrogens with zero attached hydrogens (tertiary/aromatic N) is 1. The van der Waals surface area contributed by atoms with Gasteiger partial charge in [-0.1, -0.05) is 38.3 Å². The second-order valence-corrected chi connectivity index (χ2v) is 7.17. The predicted molar refractivity (Wildman–Crippen MR) is 92.1 cm³/mol. The fourth-order valence-corrected chi connectivity index (χ4v) is 2.54. The van der Waals surface area contributed by atoms with Crippen LogP contribution in [0.1, 0.15) is 66.7 Å². The molecule has 4 heteroatoms. The number of carbonyl (C=O) groups is 1. The molecule has 0 saturated carbocycles. The van der Waals surface area contributed by atoms with Gasteiger partial charge >= 0.3 is 6.09 Å². The Labute approximate surface area is 136 Å². The Morgan fingerprint density at radius 2 is 2.14 bits per heavy atom. The van der Waals surface area contributed by atoms with Crippen molar-refractivity contribution in [3.05, 3.63) is 11.6 Å². The van der Waals surface area contributed by atoms with Gasteiger partial charge in [0.1, 0.15) is 5.60 Å². The van der Waals surface area contributed by atoms with E-state index in [4.69, 9.17) is 4.74 Å². The van der Waals surface area contributed by atoms with Crippen LogP contribution in [0, 0.1) is 0 Å². The van der Waals surface area contributed by atoms with E-state index in [1.165, 1.54) is 31.3 Å². The van der Waals surface area contributed by atoms with E-state index in [9.17, 15) is 4.79 Å².